The number of benzene rings is 2. The van der Waals surface area contributed by atoms with Crippen LogP contribution in [0.2, 0.25) is 0 Å². The molecule has 0 aliphatic carbocycles. The summed E-state index contributed by atoms with van der Waals surface area (Å²) < 4.78 is 13.5. The van der Waals surface area contributed by atoms with Crippen molar-refractivity contribution in [1.82, 2.24) is 10.6 Å². The summed E-state index contributed by atoms with van der Waals surface area (Å²) in [6.45, 7) is 0.770. The fourth-order valence-corrected chi connectivity index (χ4v) is 2.83. The number of amides is 1. The lowest BCUT2D eigenvalue weighted by atomic mass is 9.93. The van der Waals surface area contributed by atoms with Crippen LogP contribution in [0.4, 0.5) is 4.39 Å². The van der Waals surface area contributed by atoms with Gasteiger partial charge in [0.2, 0.25) is 0 Å². The lowest BCUT2D eigenvalue weighted by molar-refractivity contribution is 0.0866. The highest BCUT2D eigenvalue weighted by Gasteiger charge is 2.24. The van der Waals surface area contributed by atoms with Gasteiger partial charge in [0.1, 0.15) is 5.82 Å². The molecule has 0 spiro atoms. The van der Waals surface area contributed by atoms with Crippen LogP contribution in [0.3, 0.4) is 0 Å². The van der Waals surface area contributed by atoms with Gasteiger partial charge in [-0.2, -0.15) is 0 Å². The molecule has 4 nitrogen and oxygen atoms in total. The number of hydrogen-bond donors (Lipinski definition) is 3. The van der Waals surface area contributed by atoms with E-state index in [4.69, 9.17) is 0 Å². The number of halogens is 1. The van der Waals surface area contributed by atoms with Crippen molar-refractivity contribution in [2.75, 3.05) is 6.54 Å². The second-order valence-corrected chi connectivity index (χ2v) is 5.72. The minimum Gasteiger partial charge on any atom is -0.390 e. The first kappa shape index (κ1) is 15.6. The smallest absolute Gasteiger partial charge is 0.254 e. The van der Waals surface area contributed by atoms with Crippen molar-refractivity contribution < 1.29 is 14.3 Å². The van der Waals surface area contributed by atoms with Gasteiger partial charge < -0.3 is 15.7 Å². The first-order chi connectivity index (χ1) is 11.1. The van der Waals surface area contributed by atoms with Crippen molar-refractivity contribution in [3.63, 3.8) is 0 Å². The molecule has 2 aromatic rings. The summed E-state index contributed by atoms with van der Waals surface area (Å²) in [5.41, 5.74) is 2.42. The van der Waals surface area contributed by atoms with Crippen LogP contribution >= 0.6 is 0 Å². The van der Waals surface area contributed by atoms with Gasteiger partial charge in [-0.05, 0) is 29.7 Å². The van der Waals surface area contributed by atoms with E-state index in [0.29, 0.717) is 13.0 Å². The molecule has 0 radical (unpaired) electrons. The summed E-state index contributed by atoms with van der Waals surface area (Å²) >= 11 is 0. The average Bonchev–Trinajstić information content (AvgIpc) is 2.59. The number of carbonyl (C=O) groups excluding carboxylic acids is 1. The predicted molar refractivity (Wildman–Crippen MR) is 85.5 cm³/mol. The molecule has 3 N–H and O–H groups in total. The summed E-state index contributed by atoms with van der Waals surface area (Å²) in [5.74, 6) is -1.08. The second kappa shape index (κ2) is 6.89. The molecule has 3 rings (SSSR count). The maximum atomic E-state index is 13.5. The van der Waals surface area contributed by atoms with Gasteiger partial charge in [0.05, 0.1) is 11.7 Å². The average molecular weight is 314 g/mol. The maximum Gasteiger partial charge on any atom is 0.254 e. The molecule has 0 saturated heterocycles. The molecule has 0 aromatic heterocycles. The van der Waals surface area contributed by atoms with Gasteiger partial charge in [0.15, 0.2) is 0 Å². The Morgan fingerprint density at radius 3 is 2.70 bits per heavy atom. The number of carbonyl (C=O) groups is 1. The van der Waals surface area contributed by atoms with Gasteiger partial charge in [0, 0.05) is 19.1 Å². The zero-order chi connectivity index (χ0) is 16.2. The lowest BCUT2D eigenvalue weighted by Gasteiger charge is -2.30. The van der Waals surface area contributed by atoms with Crippen LogP contribution in [0.15, 0.2) is 48.5 Å². The molecule has 0 fully saturated rings. The Balaban J connectivity index is 1.57. The molecule has 0 saturated carbocycles. The lowest BCUT2D eigenvalue weighted by Crippen LogP contribution is -2.49. The minimum absolute atomic E-state index is 0.0124. The molecular weight excluding hydrogens is 295 g/mol. The quantitative estimate of drug-likeness (QED) is 0.804. The SMILES string of the molecule is O=C(NCC(O)C1Cc2ccccc2CN1)c1ccccc1F. The van der Waals surface area contributed by atoms with Crippen molar-refractivity contribution in [2.24, 2.45) is 0 Å². The largest absolute Gasteiger partial charge is 0.390 e. The zero-order valence-electron chi connectivity index (χ0n) is 12.6. The molecule has 1 amide bonds. The van der Waals surface area contributed by atoms with E-state index in [1.807, 2.05) is 18.2 Å². The molecule has 5 heteroatoms. The molecule has 1 heterocycles. The van der Waals surface area contributed by atoms with E-state index in [2.05, 4.69) is 16.7 Å². The van der Waals surface area contributed by atoms with Gasteiger partial charge in [-0.15, -0.1) is 0 Å². The molecule has 2 unspecified atom stereocenters. The molecule has 1 aliphatic heterocycles. The molecule has 0 bridgehead atoms. The molecule has 1 aliphatic rings. The van der Waals surface area contributed by atoms with Crippen LogP contribution in [-0.4, -0.2) is 29.7 Å². The van der Waals surface area contributed by atoms with Crippen LogP contribution in [0.5, 0.6) is 0 Å². The van der Waals surface area contributed by atoms with Gasteiger partial charge in [-0.3, -0.25) is 4.79 Å². The van der Waals surface area contributed by atoms with E-state index in [1.54, 1.807) is 6.07 Å². The maximum absolute atomic E-state index is 13.5. The number of rotatable bonds is 4. The summed E-state index contributed by atoms with van der Waals surface area (Å²) in [4.78, 5) is 12.0. The third-order valence-electron chi connectivity index (χ3n) is 4.17. The van der Waals surface area contributed by atoms with Crippen molar-refractivity contribution in [2.45, 2.75) is 25.1 Å². The summed E-state index contributed by atoms with van der Waals surface area (Å²) in [5, 5.41) is 16.2. The molecule has 2 aromatic carbocycles. The first-order valence-corrected chi connectivity index (χ1v) is 7.66. The van der Waals surface area contributed by atoms with Crippen LogP contribution in [0.25, 0.3) is 0 Å². The predicted octanol–water partition coefficient (Wildman–Crippen LogP) is 1.63. The van der Waals surface area contributed by atoms with Gasteiger partial charge in [-0.1, -0.05) is 36.4 Å². The second-order valence-electron chi connectivity index (χ2n) is 5.72. The zero-order valence-corrected chi connectivity index (χ0v) is 12.6. The van der Waals surface area contributed by atoms with Crippen molar-refractivity contribution in [3.05, 3.63) is 71.0 Å². The Morgan fingerprint density at radius 2 is 1.91 bits per heavy atom. The highest BCUT2D eigenvalue weighted by molar-refractivity contribution is 5.94. The number of aliphatic hydroxyl groups is 1. The number of nitrogens with one attached hydrogen (secondary N) is 2. The Morgan fingerprint density at radius 1 is 1.22 bits per heavy atom. The Labute approximate surface area is 134 Å². The van der Waals surface area contributed by atoms with Gasteiger partial charge in [-0.25, -0.2) is 4.39 Å². The third-order valence-corrected chi connectivity index (χ3v) is 4.17. The first-order valence-electron chi connectivity index (χ1n) is 7.66. The van der Waals surface area contributed by atoms with E-state index in [0.717, 1.165) is 0 Å². The number of aliphatic hydroxyl groups excluding tert-OH is 1. The van der Waals surface area contributed by atoms with Gasteiger partial charge in [0.25, 0.3) is 5.91 Å². The Kier molecular flexibility index (Phi) is 4.69. The Hall–Kier alpha value is -2.24. The monoisotopic (exact) mass is 314 g/mol. The highest BCUT2D eigenvalue weighted by atomic mass is 19.1. The topological polar surface area (TPSA) is 61.4 Å². The molecule has 120 valence electrons. The van der Waals surface area contributed by atoms with Crippen LogP contribution < -0.4 is 10.6 Å². The van der Waals surface area contributed by atoms with Crippen LogP contribution in [0.1, 0.15) is 21.5 Å². The normalized spacial score (nSPS) is 18.1. The van der Waals surface area contributed by atoms with Crippen LogP contribution in [0, 0.1) is 5.82 Å². The number of hydrogen-bond acceptors (Lipinski definition) is 3. The van der Waals surface area contributed by atoms with Crippen molar-refractivity contribution >= 4 is 5.91 Å². The third kappa shape index (κ3) is 3.57. The van der Waals surface area contributed by atoms with Gasteiger partial charge >= 0.3 is 0 Å². The van der Waals surface area contributed by atoms with E-state index in [-0.39, 0.29) is 18.2 Å². The molecule has 2 atom stereocenters. The van der Waals surface area contributed by atoms with E-state index in [1.165, 1.54) is 29.3 Å². The van der Waals surface area contributed by atoms with Crippen molar-refractivity contribution in [1.29, 1.82) is 0 Å². The molecular formula is C18H19FN2O2. The number of fused-ring (bicyclic) bond motifs is 1. The Bertz CT molecular complexity index is 705. The summed E-state index contributed by atoms with van der Waals surface area (Å²) in [7, 11) is 0. The summed E-state index contributed by atoms with van der Waals surface area (Å²) in [6, 6.07) is 13.7. The standard InChI is InChI=1S/C18H19FN2O2/c19-15-8-4-3-7-14(15)18(23)21-11-17(22)16-9-12-5-1-2-6-13(12)10-20-16/h1-8,16-17,20,22H,9-11H2,(H,21,23). The highest BCUT2D eigenvalue weighted by Crippen LogP contribution is 2.17. The summed E-state index contributed by atoms with van der Waals surface area (Å²) in [6.07, 6.45) is -0.0357. The van der Waals surface area contributed by atoms with E-state index in [9.17, 15) is 14.3 Å². The van der Waals surface area contributed by atoms with Crippen LogP contribution in [-0.2, 0) is 13.0 Å². The fourth-order valence-electron chi connectivity index (χ4n) is 2.83. The fraction of sp³-hybridized carbons (Fsp3) is 0.278. The molecule has 23 heavy (non-hydrogen) atoms. The van der Waals surface area contributed by atoms with E-state index >= 15 is 0 Å². The van der Waals surface area contributed by atoms with Crippen molar-refractivity contribution in [3.8, 4) is 0 Å². The minimum atomic E-state index is -0.737. The van der Waals surface area contributed by atoms with E-state index < -0.39 is 17.8 Å².